The number of rotatable bonds is 7. The molecule has 0 radical (unpaired) electrons. The molecule has 0 spiro atoms. The highest BCUT2D eigenvalue weighted by Crippen LogP contribution is 2.46. The van der Waals surface area contributed by atoms with Crippen molar-refractivity contribution in [3.8, 4) is 0 Å². The van der Waals surface area contributed by atoms with Crippen LogP contribution >= 0.6 is 0 Å². The third-order valence-corrected chi connectivity index (χ3v) is 7.56. The Labute approximate surface area is 190 Å². The van der Waals surface area contributed by atoms with Gasteiger partial charge in [-0.2, -0.15) is 0 Å². The van der Waals surface area contributed by atoms with E-state index in [2.05, 4.69) is 15.5 Å². The Kier molecular flexibility index (Phi) is 7.13. The van der Waals surface area contributed by atoms with Gasteiger partial charge in [0.25, 0.3) is 0 Å². The molecule has 7 heteroatoms. The fraction of sp³-hybridized carbons (Fsp3) is 0.640. The second-order valence-corrected chi connectivity index (χ2v) is 9.50. The van der Waals surface area contributed by atoms with Gasteiger partial charge in [0.2, 0.25) is 11.8 Å². The van der Waals surface area contributed by atoms with Gasteiger partial charge in [-0.25, -0.2) is 0 Å². The summed E-state index contributed by atoms with van der Waals surface area (Å²) in [5, 5.41) is 6.27. The van der Waals surface area contributed by atoms with Crippen molar-refractivity contribution in [2.24, 2.45) is 11.8 Å². The minimum Gasteiger partial charge on any atom is -0.469 e. The summed E-state index contributed by atoms with van der Waals surface area (Å²) < 4.78 is 5.09. The maximum atomic E-state index is 13.4. The Morgan fingerprint density at radius 2 is 1.66 bits per heavy atom. The summed E-state index contributed by atoms with van der Waals surface area (Å²) in [6.45, 7) is 2.18. The van der Waals surface area contributed by atoms with Gasteiger partial charge in [-0.3, -0.25) is 19.3 Å². The van der Waals surface area contributed by atoms with Crippen LogP contribution in [0.2, 0.25) is 0 Å². The third kappa shape index (κ3) is 4.68. The van der Waals surface area contributed by atoms with Gasteiger partial charge in [0.1, 0.15) is 0 Å². The fourth-order valence-corrected chi connectivity index (χ4v) is 6.00. The molecule has 2 bridgehead atoms. The molecule has 5 atom stereocenters. The van der Waals surface area contributed by atoms with Crippen molar-refractivity contribution in [1.29, 1.82) is 0 Å². The van der Waals surface area contributed by atoms with Gasteiger partial charge in [-0.1, -0.05) is 49.6 Å². The van der Waals surface area contributed by atoms with Crippen molar-refractivity contribution in [1.82, 2.24) is 15.5 Å². The lowest BCUT2D eigenvalue weighted by molar-refractivity contribution is -0.151. The zero-order chi connectivity index (χ0) is 22.7. The molecule has 2 heterocycles. The Balaban J connectivity index is 1.45. The molecular weight excluding hydrogens is 406 g/mol. The number of hydrogen-bond donors (Lipinski definition) is 2. The molecule has 4 rings (SSSR count). The molecule has 2 aliphatic heterocycles. The van der Waals surface area contributed by atoms with Crippen LogP contribution in [-0.2, 0) is 19.1 Å². The van der Waals surface area contributed by atoms with Gasteiger partial charge >= 0.3 is 5.97 Å². The Hall–Kier alpha value is -2.41. The zero-order valence-electron chi connectivity index (χ0n) is 19.1. The zero-order valence-corrected chi connectivity index (χ0v) is 19.1. The van der Waals surface area contributed by atoms with Gasteiger partial charge in [-0.15, -0.1) is 0 Å². The molecule has 7 nitrogen and oxygen atoms in total. The molecule has 2 saturated heterocycles. The van der Waals surface area contributed by atoms with Gasteiger partial charge in [0.15, 0.2) is 0 Å². The summed E-state index contributed by atoms with van der Waals surface area (Å²) in [5.74, 6) is -1.54. The van der Waals surface area contributed by atoms with Crippen LogP contribution in [0.1, 0.15) is 63.5 Å². The van der Waals surface area contributed by atoms with E-state index in [1.165, 1.54) is 13.5 Å². The second-order valence-electron chi connectivity index (χ2n) is 9.50. The molecule has 2 amide bonds. The van der Waals surface area contributed by atoms with Crippen molar-refractivity contribution < 1.29 is 19.1 Å². The number of carbonyl (C=O) groups is 3. The quantitative estimate of drug-likeness (QED) is 0.635. The molecule has 1 aromatic rings. The lowest BCUT2D eigenvalue weighted by Crippen LogP contribution is -2.46. The summed E-state index contributed by atoms with van der Waals surface area (Å²) in [7, 11) is 1.37. The predicted octanol–water partition coefficient (Wildman–Crippen LogP) is 2.56. The summed E-state index contributed by atoms with van der Waals surface area (Å²) in [6.07, 6.45) is 7.24. The number of methoxy groups -OCH3 is 1. The molecule has 1 aromatic carbocycles. The number of fused-ring (bicyclic) bond motifs is 2. The van der Waals surface area contributed by atoms with E-state index in [0.717, 1.165) is 44.1 Å². The van der Waals surface area contributed by atoms with Crippen molar-refractivity contribution in [2.45, 2.75) is 76.0 Å². The lowest BCUT2D eigenvalue weighted by Gasteiger charge is -2.28. The Bertz CT molecular complexity index is 824. The minimum absolute atomic E-state index is 0.00359. The van der Waals surface area contributed by atoms with E-state index in [1.54, 1.807) is 0 Å². The fourth-order valence-electron chi connectivity index (χ4n) is 6.00. The van der Waals surface area contributed by atoms with Gasteiger partial charge in [0, 0.05) is 18.1 Å². The Morgan fingerprint density at radius 3 is 2.31 bits per heavy atom. The van der Waals surface area contributed by atoms with E-state index < -0.39 is 11.8 Å². The first-order valence-corrected chi connectivity index (χ1v) is 12.0. The first kappa shape index (κ1) is 22.8. The lowest BCUT2D eigenvalue weighted by atomic mass is 9.78. The van der Waals surface area contributed by atoms with Gasteiger partial charge < -0.3 is 15.4 Å². The predicted molar refractivity (Wildman–Crippen MR) is 121 cm³/mol. The molecular formula is C25H35N3O4. The molecule has 1 saturated carbocycles. The highest BCUT2D eigenvalue weighted by atomic mass is 16.5. The summed E-state index contributed by atoms with van der Waals surface area (Å²) in [6, 6.07) is 9.62. The van der Waals surface area contributed by atoms with E-state index in [4.69, 9.17) is 4.74 Å². The third-order valence-electron chi connectivity index (χ3n) is 7.56. The highest BCUT2D eigenvalue weighted by molar-refractivity contribution is 5.88. The normalized spacial score (nSPS) is 28.8. The van der Waals surface area contributed by atoms with E-state index in [9.17, 15) is 14.4 Å². The molecule has 2 N–H and O–H groups in total. The molecule has 1 aliphatic carbocycles. The van der Waals surface area contributed by atoms with Crippen LogP contribution in [0.5, 0.6) is 0 Å². The first-order valence-electron chi connectivity index (χ1n) is 12.0. The number of nitrogens with zero attached hydrogens (tertiary/aromatic N) is 1. The summed E-state index contributed by atoms with van der Waals surface area (Å²) in [5.41, 5.74) is 1.02. The van der Waals surface area contributed by atoms with E-state index >= 15 is 0 Å². The van der Waals surface area contributed by atoms with Crippen LogP contribution in [0.4, 0.5) is 0 Å². The molecule has 32 heavy (non-hydrogen) atoms. The number of benzene rings is 1. The maximum absolute atomic E-state index is 13.4. The maximum Gasteiger partial charge on any atom is 0.311 e. The number of nitrogens with one attached hydrogen (secondary N) is 2. The Morgan fingerprint density at radius 1 is 1.00 bits per heavy atom. The minimum atomic E-state index is -0.538. The molecule has 3 fully saturated rings. The van der Waals surface area contributed by atoms with Crippen LogP contribution in [-0.4, -0.2) is 54.5 Å². The second kappa shape index (κ2) is 10.0. The number of carbonyl (C=O) groups excluding carboxylic acids is 3. The van der Waals surface area contributed by atoms with E-state index in [0.29, 0.717) is 0 Å². The molecule has 0 aromatic heterocycles. The van der Waals surface area contributed by atoms with Crippen molar-refractivity contribution in [3.05, 3.63) is 35.9 Å². The van der Waals surface area contributed by atoms with Crippen molar-refractivity contribution in [3.63, 3.8) is 0 Å². The summed E-state index contributed by atoms with van der Waals surface area (Å²) >= 11 is 0. The standard InChI is InChI=1S/C25H35N3O4/c1-16(17-9-5-3-6-10-17)26-24(30)22-19-13-14-20(23(22)25(31)32-2)28(19)15-21(29)27-18-11-7-4-8-12-18/h3,5-6,9-10,16,18-20,22-23H,4,7-8,11-15H2,1-2H3,(H,26,30)(H,27,29)/t16-,19?,20?,22?,23?/m0/s1. The largest absolute Gasteiger partial charge is 0.469 e. The molecule has 174 valence electrons. The van der Waals surface area contributed by atoms with Gasteiger partial charge in [-0.05, 0) is 38.2 Å². The van der Waals surface area contributed by atoms with Crippen LogP contribution in [0.25, 0.3) is 0 Å². The number of ether oxygens (including phenoxy) is 1. The monoisotopic (exact) mass is 441 g/mol. The average Bonchev–Trinajstić information content (AvgIpc) is 3.34. The van der Waals surface area contributed by atoms with E-state index in [-0.39, 0.29) is 48.5 Å². The highest BCUT2D eigenvalue weighted by Gasteiger charge is 2.59. The topological polar surface area (TPSA) is 87.7 Å². The van der Waals surface area contributed by atoms with Crippen LogP contribution < -0.4 is 10.6 Å². The average molecular weight is 442 g/mol. The van der Waals surface area contributed by atoms with Gasteiger partial charge in [0.05, 0.1) is 31.5 Å². The number of hydrogen-bond acceptors (Lipinski definition) is 5. The van der Waals surface area contributed by atoms with Crippen LogP contribution in [0.15, 0.2) is 30.3 Å². The van der Waals surface area contributed by atoms with E-state index in [1.807, 2.05) is 37.3 Å². The number of amides is 2. The van der Waals surface area contributed by atoms with Crippen molar-refractivity contribution in [2.75, 3.05) is 13.7 Å². The van der Waals surface area contributed by atoms with Crippen molar-refractivity contribution >= 4 is 17.8 Å². The number of esters is 1. The van der Waals surface area contributed by atoms with Crippen LogP contribution in [0.3, 0.4) is 0 Å². The smallest absolute Gasteiger partial charge is 0.311 e. The molecule has 4 unspecified atom stereocenters. The van der Waals surface area contributed by atoms with Crippen LogP contribution in [0, 0.1) is 11.8 Å². The summed E-state index contributed by atoms with van der Waals surface area (Å²) in [4.78, 5) is 40.9. The first-order chi connectivity index (χ1) is 15.5. The molecule has 3 aliphatic rings. The SMILES string of the molecule is COC(=O)C1C(C(=O)N[C@@H](C)c2ccccc2)C2CCC1N2CC(=O)NC1CCCCC1.